The van der Waals surface area contributed by atoms with Gasteiger partial charge in [-0.15, -0.1) is 0 Å². The van der Waals surface area contributed by atoms with Crippen molar-refractivity contribution in [2.45, 2.75) is 6.54 Å². The summed E-state index contributed by atoms with van der Waals surface area (Å²) >= 11 is 6.33. The third-order valence-corrected chi connectivity index (χ3v) is 3.87. The molecule has 2 nitrogen and oxygen atoms in total. The molecule has 0 aliphatic carbocycles. The molecule has 0 unspecified atom stereocenters. The molecule has 1 heterocycles. The summed E-state index contributed by atoms with van der Waals surface area (Å²) in [7, 11) is 0. The van der Waals surface area contributed by atoms with Crippen molar-refractivity contribution in [3.63, 3.8) is 0 Å². The molecule has 0 saturated heterocycles. The van der Waals surface area contributed by atoms with Crippen molar-refractivity contribution in [1.29, 1.82) is 0 Å². The summed E-state index contributed by atoms with van der Waals surface area (Å²) in [6.07, 6.45) is 4.91. The predicted molar refractivity (Wildman–Crippen MR) is 87.8 cm³/mol. The Morgan fingerprint density at radius 3 is 2.48 bits per heavy atom. The van der Waals surface area contributed by atoms with Crippen molar-refractivity contribution in [2.24, 2.45) is 0 Å². The minimum atomic E-state index is 0.490. The fraction of sp³-hybridized carbons (Fsp3) is 0.0556. The lowest BCUT2D eigenvalue weighted by molar-refractivity contribution is 0.112. The van der Waals surface area contributed by atoms with Crippen LogP contribution in [0.15, 0.2) is 60.7 Å². The van der Waals surface area contributed by atoms with Gasteiger partial charge in [-0.1, -0.05) is 72.3 Å². The topological polar surface area (TPSA) is 22.0 Å². The number of aldehydes is 1. The van der Waals surface area contributed by atoms with Gasteiger partial charge in [-0.2, -0.15) is 0 Å². The van der Waals surface area contributed by atoms with E-state index in [-0.39, 0.29) is 0 Å². The van der Waals surface area contributed by atoms with Gasteiger partial charge >= 0.3 is 0 Å². The van der Waals surface area contributed by atoms with E-state index in [1.807, 2.05) is 71.3 Å². The highest BCUT2D eigenvalue weighted by atomic mass is 35.5. The molecule has 3 heteroatoms. The number of carbonyl (C=O) groups is 1. The monoisotopic (exact) mass is 295 g/mol. The summed E-state index contributed by atoms with van der Waals surface area (Å²) in [5.74, 6) is 0. The van der Waals surface area contributed by atoms with Crippen LogP contribution in [0.25, 0.3) is 17.0 Å². The number of allylic oxidation sites excluding steroid dienone is 1. The van der Waals surface area contributed by atoms with E-state index in [0.29, 0.717) is 17.3 Å². The smallest absolute Gasteiger partial charge is 0.153 e. The number of nitrogens with zero attached hydrogens (tertiary/aromatic N) is 1. The fourth-order valence-corrected chi connectivity index (χ4v) is 2.75. The molecule has 0 bridgehead atoms. The fourth-order valence-electron chi connectivity index (χ4n) is 2.45. The van der Waals surface area contributed by atoms with E-state index in [4.69, 9.17) is 11.6 Å². The summed E-state index contributed by atoms with van der Waals surface area (Å²) in [6, 6.07) is 17.8. The maximum atomic E-state index is 11.2. The second-order valence-electron chi connectivity index (χ2n) is 4.76. The SMILES string of the molecule is O=Cc1c(Cl)n(C/C=C/c2ccccc2)c2ccccc12. The zero-order valence-corrected chi connectivity index (χ0v) is 12.1. The number of halogens is 1. The standard InChI is InChI=1S/C18H14ClNO/c19-18-16(13-21)15-10-4-5-11-17(15)20(18)12-6-9-14-7-2-1-3-8-14/h1-11,13H,12H2/b9-6+. The first-order chi connectivity index (χ1) is 10.3. The Hall–Kier alpha value is -2.32. The van der Waals surface area contributed by atoms with Crippen molar-refractivity contribution >= 4 is 34.9 Å². The molecule has 0 amide bonds. The zero-order valence-electron chi connectivity index (χ0n) is 11.4. The number of rotatable bonds is 4. The van der Waals surface area contributed by atoms with Crippen LogP contribution in [0.2, 0.25) is 5.15 Å². The van der Waals surface area contributed by atoms with E-state index in [9.17, 15) is 4.79 Å². The van der Waals surface area contributed by atoms with E-state index in [2.05, 4.69) is 0 Å². The Kier molecular flexibility index (Phi) is 3.89. The molecule has 0 saturated carbocycles. The van der Waals surface area contributed by atoms with Crippen LogP contribution in [-0.4, -0.2) is 10.9 Å². The van der Waals surface area contributed by atoms with Gasteiger partial charge in [0.1, 0.15) is 5.15 Å². The zero-order chi connectivity index (χ0) is 14.7. The first kappa shape index (κ1) is 13.7. The molecule has 0 spiro atoms. The molecule has 104 valence electrons. The summed E-state index contributed by atoms with van der Waals surface area (Å²) < 4.78 is 1.94. The average Bonchev–Trinajstić information content (AvgIpc) is 2.80. The summed E-state index contributed by atoms with van der Waals surface area (Å²) in [6.45, 7) is 0.627. The molecule has 0 aliphatic rings. The first-order valence-electron chi connectivity index (χ1n) is 6.75. The van der Waals surface area contributed by atoms with Gasteiger partial charge in [0, 0.05) is 11.9 Å². The van der Waals surface area contributed by atoms with Crippen molar-refractivity contribution in [3.05, 3.63) is 77.0 Å². The van der Waals surface area contributed by atoms with E-state index in [1.54, 1.807) is 0 Å². The van der Waals surface area contributed by atoms with Crippen LogP contribution in [0.1, 0.15) is 15.9 Å². The number of carbonyl (C=O) groups excluding carboxylic acids is 1. The average molecular weight is 296 g/mol. The predicted octanol–water partition coefficient (Wildman–Crippen LogP) is 4.82. The van der Waals surface area contributed by atoms with Gasteiger partial charge in [0.15, 0.2) is 6.29 Å². The van der Waals surface area contributed by atoms with Crippen LogP contribution < -0.4 is 0 Å². The largest absolute Gasteiger partial charge is 0.327 e. The molecule has 3 rings (SSSR count). The third kappa shape index (κ3) is 2.63. The Morgan fingerprint density at radius 2 is 1.71 bits per heavy atom. The molecule has 2 aromatic carbocycles. The van der Waals surface area contributed by atoms with Crippen LogP contribution in [0.5, 0.6) is 0 Å². The van der Waals surface area contributed by atoms with E-state index in [1.165, 1.54) is 0 Å². The van der Waals surface area contributed by atoms with E-state index >= 15 is 0 Å². The van der Waals surface area contributed by atoms with Crippen molar-refractivity contribution in [2.75, 3.05) is 0 Å². The molecule has 0 atom stereocenters. The normalized spacial score (nSPS) is 11.3. The quantitative estimate of drug-likeness (QED) is 0.632. The van der Waals surface area contributed by atoms with Crippen LogP contribution in [0, 0.1) is 0 Å². The molecule has 21 heavy (non-hydrogen) atoms. The molecule has 0 aliphatic heterocycles. The van der Waals surface area contributed by atoms with E-state index in [0.717, 1.165) is 22.8 Å². The summed E-state index contributed by atoms with van der Waals surface area (Å²) in [5, 5.41) is 1.38. The highest BCUT2D eigenvalue weighted by Gasteiger charge is 2.13. The Bertz CT molecular complexity index is 803. The summed E-state index contributed by atoms with van der Waals surface area (Å²) in [5.41, 5.74) is 2.67. The molecule has 3 aromatic rings. The second kappa shape index (κ2) is 5.98. The highest BCUT2D eigenvalue weighted by molar-refractivity contribution is 6.34. The molecule has 0 fully saturated rings. The van der Waals surface area contributed by atoms with Gasteiger partial charge in [0.05, 0.1) is 11.1 Å². The number of fused-ring (bicyclic) bond motifs is 1. The molecule has 1 aromatic heterocycles. The minimum absolute atomic E-state index is 0.490. The minimum Gasteiger partial charge on any atom is -0.327 e. The van der Waals surface area contributed by atoms with Gasteiger partial charge in [-0.3, -0.25) is 4.79 Å². The van der Waals surface area contributed by atoms with Crippen molar-refractivity contribution < 1.29 is 4.79 Å². The molecular weight excluding hydrogens is 282 g/mol. The first-order valence-corrected chi connectivity index (χ1v) is 7.12. The van der Waals surface area contributed by atoms with Gasteiger partial charge in [0.2, 0.25) is 0 Å². The van der Waals surface area contributed by atoms with Crippen molar-refractivity contribution in [3.8, 4) is 0 Å². The maximum Gasteiger partial charge on any atom is 0.153 e. The Balaban J connectivity index is 1.96. The number of para-hydroxylation sites is 1. The van der Waals surface area contributed by atoms with Gasteiger partial charge in [0.25, 0.3) is 0 Å². The Labute approximate surface area is 128 Å². The lowest BCUT2D eigenvalue weighted by Gasteiger charge is -2.03. The number of aromatic nitrogens is 1. The van der Waals surface area contributed by atoms with Gasteiger partial charge in [-0.05, 0) is 11.6 Å². The molecule has 0 N–H and O–H groups in total. The van der Waals surface area contributed by atoms with Crippen LogP contribution in [0.3, 0.4) is 0 Å². The second-order valence-corrected chi connectivity index (χ2v) is 5.12. The Morgan fingerprint density at radius 1 is 1.00 bits per heavy atom. The number of benzene rings is 2. The lowest BCUT2D eigenvalue weighted by Crippen LogP contribution is -1.95. The number of hydrogen-bond acceptors (Lipinski definition) is 1. The van der Waals surface area contributed by atoms with E-state index < -0.39 is 0 Å². The maximum absolute atomic E-state index is 11.2. The van der Waals surface area contributed by atoms with Crippen LogP contribution >= 0.6 is 11.6 Å². The van der Waals surface area contributed by atoms with Crippen LogP contribution in [0.4, 0.5) is 0 Å². The molecular formula is C18H14ClNO. The number of hydrogen-bond donors (Lipinski definition) is 0. The third-order valence-electron chi connectivity index (χ3n) is 3.46. The van der Waals surface area contributed by atoms with Crippen LogP contribution in [-0.2, 0) is 6.54 Å². The lowest BCUT2D eigenvalue weighted by atomic mass is 10.2. The molecule has 0 radical (unpaired) electrons. The van der Waals surface area contributed by atoms with Gasteiger partial charge < -0.3 is 4.57 Å². The van der Waals surface area contributed by atoms with Crippen molar-refractivity contribution in [1.82, 2.24) is 4.57 Å². The highest BCUT2D eigenvalue weighted by Crippen LogP contribution is 2.28. The summed E-state index contributed by atoms with van der Waals surface area (Å²) in [4.78, 5) is 11.2. The van der Waals surface area contributed by atoms with Gasteiger partial charge in [-0.25, -0.2) is 0 Å².